The van der Waals surface area contributed by atoms with Crippen molar-refractivity contribution in [3.05, 3.63) is 64.2 Å². The number of carbonyl (C=O) groups excluding carboxylic acids is 1. The Morgan fingerprint density at radius 3 is 2.07 bits per heavy atom. The Morgan fingerprint density at radius 2 is 1.60 bits per heavy atom. The number of hydrogen-bond acceptors (Lipinski definition) is 2. The van der Waals surface area contributed by atoms with Crippen LogP contribution in [0.2, 0.25) is 0 Å². The Kier molecular flexibility index (Phi) is 6.41. The van der Waals surface area contributed by atoms with Gasteiger partial charge >= 0.3 is 0 Å². The zero-order valence-electron chi connectivity index (χ0n) is 19.1. The van der Waals surface area contributed by atoms with Crippen LogP contribution in [0.4, 0.5) is 0 Å². The van der Waals surface area contributed by atoms with Gasteiger partial charge < -0.3 is 5.11 Å². The highest BCUT2D eigenvalue weighted by Crippen LogP contribution is 2.44. The summed E-state index contributed by atoms with van der Waals surface area (Å²) in [7, 11) is 0. The van der Waals surface area contributed by atoms with E-state index in [9.17, 15) is 9.90 Å². The molecule has 0 heterocycles. The molecule has 0 unspecified atom stereocenters. The number of rotatable bonds is 6. The molecule has 0 amide bonds. The number of Topliss-reactive ketones (excluding diaryl/α,β-unsaturated/α-hetero) is 1. The second-order valence-electron chi connectivity index (χ2n) is 8.89. The summed E-state index contributed by atoms with van der Waals surface area (Å²) in [6.07, 6.45) is 5.93. The van der Waals surface area contributed by atoms with Gasteiger partial charge in [0.15, 0.2) is 0 Å². The highest BCUT2D eigenvalue weighted by atomic mass is 16.3. The second kappa shape index (κ2) is 8.68. The molecule has 2 heteroatoms. The van der Waals surface area contributed by atoms with Crippen LogP contribution in [0.25, 0.3) is 0 Å². The summed E-state index contributed by atoms with van der Waals surface area (Å²) in [5.74, 6) is 6.55. The van der Waals surface area contributed by atoms with E-state index in [2.05, 4.69) is 63.8 Å². The van der Waals surface area contributed by atoms with E-state index in [1.165, 1.54) is 11.1 Å². The van der Waals surface area contributed by atoms with E-state index in [1.54, 1.807) is 6.07 Å². The molecule has 30 heavy (non-hydrogen) atoms. The van der Waals surface area contributed by atoms with Crippen LogP contribution in [0.1, 0.15) is 87.1 Å². The van der Waals surface area contributed by atoms with Gasteiger partial charge in [-0.3, -0.25) is 4.79 Å². The van der Waals surface area contributed by atoms with Crippen molar-refractivity contribution in [2.75, 3.05) is 0 Å². The Bertz CT molecular complexity index is 990. The summed E-state index contributed by atoms with van der Waals surface area (Å²) < 4.78 is 0. The molecule has 0 spiro atoms. The predicted octanol–water partition coefficient (Wildman–Crippen LogP) is 6.62. The molecule has 0 radical (unpaired) electrons. The fourth-order valence-corrected chi connectivity index (χ4v) is 4.89. The van der Waals surface area contributed by atoms with E-state index in [0.29, 0.717) is 5.75 Å². The van der Waals surface area contributed by atoms with Crippen molar-refractivity contribution in [1.29, 1.82) is 0 Å². The van der Waals surface area contributed by atoms with Gasteiger partial charge in [-0.15, -0.1) is 0 Å². The Balaban J connectivity index is 1.95. The fraction of sp³-hybridized carbons (Fsp3) is 0.464. The molecular formula is C28H34O2. The minimum Gasteiger partial charge on any atom is -0.508 e. The van der Waals surface area contributed by atoms with Crippen LogP contribution in [0.15, 0.2) is 36.4 Å². The van der Waals surface area contributed by atoms with Crippen molar-refractivity contribution < 1.29 is 9.90 Å². The van der Waals surface area contributed by atoms with Crippen molar-refractivity contribution in [2.24, 2.45) is 5.41 Å². The van der Waals surface area contributed by atoms with Crippen LogP contribution in [0.3, 0.4) is 0 Å². The molecule has 0 saturated heterocycles. The number of phenolic OH excluding ortho intramolecular Hbond substituents is 1. The van der Waals surface area contributed by atoms with Gasteiger partial charge in [-0.05, 0) is 86.3 Å². The van der Waals surface area contributed by atoms with Crippen LogP contribution >= 0.6 is 0 Å². The van der Waals surface area contributed by atoms with Crippen LogP contribution in [-0.4, -0.2) is 10.9 Å². The van der Waals surface area contributed by atoms with Gasteiger partial charge in [0.25, 0.3) is 0 Å². The molecule has 1 saturated carbocycles. The molecular weight excluding hydrogens is 368 g/mol. The van der Waals surface area contributed by atoms with Gasteiger partial charge in [-0.2, -0.15) is 0 Å². The maximum absolute atomic E-state index is 12.6. The summed E-state index contributed by atoms with van der Waals surface area (Å²) in [5.41, 5.74) is 5.13. The summed E-state index contributed by atoms with van der Waals surface area (Å²) in [5, 5.41) is 9.96. The number of hydrogen-bond donors (Lipinski definition) is 1. The van der Waals surface area contributed by atoms with Crippen LogP contribution < -0.4 is 0 Å². The molecule has 1 N–H and O–H groups in total. The van der Waals surface area contributed by atoms with E-state index in [-0.39, 0.29) is 16.6 Å². The first-order valence-electron chi connectivity index (χ1n) is 11.3. The van der Waals surface area contributed by atoms with E-state index in [4.69, 9.17) is 0 Å². The molecule has 0 aromatic heterocycles. The number of carbonyl (C=O) groups is 1. The summed E-state index contributed by atoms with van der Waals surface area (Å²) in [4.78, 5) is 12.6. The van der Waals surface area contributed by atoms with Gasteiger partial charge in [0, 0.05) is 16.4 Å². The number of aromatic hydroxyl groups is 1. The lowest BCUT2D eigenvalue weighted by Gasteiger charge is -2.37. The predicted molar refractivity (Wildman–Crippen MR) is 124 cm³/mol. The van der Waals surface area contributed by atoms with E-state index in [0.717, 1.165) is 55.2 Å². The number of aryl methyl sites for hydroxylation is 2. The third-order valence-electron chi connectivity index (χ3n) is 7.52. The average Bonchev–Trinajstić information content (AvgIpc) is 2.71. The largest absolute Gasteiger partial charge is 0.508 e. The normalized spacial score (nSPS) is 15.1. The second-order valence-corrected chi connectivity index (χ2v) is 8.89. The Morgan fingerprint density at radius 1 is 1.00 bits per heavy atom. The first kappa shape index (κ1) is 22.2. The molecule has 1 aliphatic carbocycles. The van der Waals surface area contributed by atoms with E-state index < -0.39 is 0 Å². The molecule has 2 aromatic carbocycles. The molecule has 0 bridgehead atoms. The lowest BCUT2D eigenvalue weighted by atomic mass is 9.64. The maximum Gasteiger partial charge on any atom is 0.211 e. The maximum atomic E-state index is 12.6. The third-order valence-corrected chi connectivity index (χ3v) is 7.52. The van der Waals surface area contributed by atoms with Gasteiger partial charge in [0.05, 0.1) is 0 Å². The Labute approximate surface area is 181 Å². The number of benzene rings is 2. The minimum atomic E-state index is -0.183. The minimum absolute atomic E-state index is 0.107. The molecule has 1 aliphatic rings. The first-order valence-corrected chi connectivity index (χ1v) is 11.3. The monoisotopic (exact) mass is 402 g/mol. The van der Waals surface area contributed by atoms with Gasteiger partial charge in [-0.1, -0.05) is 57.4 Å². The standard InChI is InChI=1S/C28H34O2/c1-6-27(16-9-17-27)26(30)15-11-22-10-12-23(18-20(22)4)28(7-2,8-3)24-13-14-25(29)21(5)19-24/h10,12-14,18-19,29H,6-9,16-17H2,1-5H3. The van der Waals surface area contributed by atoms with Crippen molar-refractivity contribution in [3.63, 3.8) is 0 Å². The zero-order chi connectivity index (χ0) is 21.9. The molecule has 2 nitrogen and oxygen atoms in total. The zero-order valence-corrected chi connectivity index (χ0v) is 19.1. The van der Waals surface area contributed by atoms with Crippen LogP contribution in [-0.2, 0) is 10.2 Å². The molecule has 158 valence electrons. The SMILES string of the molecule is CCC1(C(=O)C#Cc2ccc(C(CC)(CC)c3ccc(O)c(C)c3)cc2C)CCC1. The van der Waals surface area contributed by atoms with E-state index >= 15 is 0 Å². The lowest BCUT2D eigenvalue weighted by molar-refractivity contribution is -0.127. The van der Waals surface area contributed by atoms with Crippen LogP contribution in [0.5, 0.6) is 5.75 Å². The summed E-state index contributed by atoms with van der Waals surface area (Å²) in [6.45, 7) is 10.6. The van der Waals surface area contributed by atoms with Gasteiger partial charge in [0.2, 0.25) is 5.78 Å². The third kappa shape index (κ3) is 3.79. The smallest absolute Gasteiger partial charge is 0.211 e. The summed E-state index contributed by atoms with van der Waals surface area (Å²) >= 11 is 0. The summed E-state index contributed by atoms with van der Waals surface area (Å²) in [6, 6.07) is 12.4. The van der Waals surface area contributed by atoms with Crippen molar-refractivity contribution in [1.82, 2.24) is 0 Å². The highest BCUT2D eigenvalue weighted by molar-refractivity contribution is 6.01. The number of ketones is 1. The van der Waals surface area contributed by atoms with Crippen molar-refractivity contribution in [2.45, 2.75) is 78.6 Å². The Hall–Kier alpha value is -2.53. The average molecular weight is 403 g/mol. The van der Waals surface area contributed by atoms with E-state index in [1.807, 2.05) is 13.0 Å². The quantitative estimate of drug-likeness (QED) is 0.552. The molecule has 0 aliphatic heterocycles. The highest BCUT2D eigenvalue weighted by Gasteiger charge is 2.41. The van der Waals surface area contributed by atoms with Gasteiger partial charge in [0.1, 0.15) is 5.75 Å². The number of phenols is 1. The van der Waals surface area contributed by atoms with Crippen molar-refractivity contribution in [3.8, 4) is 17.6 Å². The molecule has 1 fully saturated rings. The molecule has 3 rings (SSSR count). The lowest BCUT2D eigenvalue weighted by Crippen LogP contribution is -2.36. The van der Waals surface area contributed by atoms with Gasteiger partial charge in [-0.25, -0.2) is 0 Å². The van der Waals surface area contributed by atoms with Crippen molar-refractivity contribution >= 4 is 5.78 Å². The molecule has 2 aromatic rings. The van der Waals surface area contributed by atoms with Crippen LogP contribution in [0, 0.1) is 31.1 Å². The molecule has 0 atom stereocenters. The first-order chi connectivity index (χ1) is 14.3. The fourth-order valence-electron chi connectivity index (χ4n) is 4.89. The topological polar surface area (TPSA) is 37.3 Å².